The molecule has 0 aliphatic carbocycles. The molecule has 0 heterocycles. The van der Waals surface area contributed by atoms with Gasteiger partial charge in [0.2, 0.25) is 5.24 Å². The van der Waals surface area contributed by atoms with Crippen LogP contribution in [-0.2, 0) is 4.79 Å². The molecule has 72 valence electrons. The van der Waals surface area contributed by atoms with Gasteiger partial charge >= 0.3 is 0 Å². The zero-order valence-electron chi connectivity index (χ0n) is 8.70. The van der Waals surface area contributed by atoms with Gasteiger partial charge in [0, 0.05) is 5.41 Å². The van der Waals surface area contributed by atoms with E-state index in [0.29, 0.717) is 0 Å². The molecule has 0 bridgehead atoms. The molecule has 0 aliphatic rings. The lowest BCUT2D eigenvalue weighted by Gasteiger charge is -2.38. The highest BCUT2D eigenvalue weighted by atomic mass is 35.5. The molecule has 0 aliphatic heterocycles. The van der Waals surface area contributed by atoms with E-state index in [9.17, 15) is 4.79 Å². The molecule has 1 atom stereocenters. The van der Waals surface area contributed by atoms with Crippen LogP contribution < -0.4 is 0 Å². The van der Waals surface area contributed by atoms with Gasteiger partial charge in [-0.15, -0.1) is 0 Å². The van der Waals surface area contributed by atoms with Crippen molar-refractivity contribution in [3.63, 3.8) is 0 Å². The second kappa shape index (κ2) is 3.78. The number of hydrogen-bond acceptors (Lipinski definition) is 1. The summed E-state index contributed by atoms with van der Waals surface area (Å²) in [5.74, 6) is 0. The van der Waals surface area contributed by atoms with Crippen molar-refractivity contribution in [1.82, 2.24) is 0 Å². The summed E-state index contributed by atoms with van der Waals surface area (Å²) in [4.78, 5) is 11.3. The molecule has 0 saturated carbocycles. The number of rotatable bonds is 3. The Kier molecular flexibility index (Phi) is 3.77. The number of hydrogen-bond donors (Lipinski definition) is 0. The van der Waals surface area contributed by atoms with Gasteiger partial charge in [-0.25, -0.2) is 0 Å². The van der Waals surface area contributed by atoms with Crippen molar-refractivity contribution in [3.05, 3.63) is 0 Å². The average Bonchev–Trinajstić information content (AvgIpc) is 1.85. The molecule has 0 aromatic heterocycles. The Bertz CT molecular complexity index is 169. The molecule has 0 fully saturated rings. The van der Waals surface area contributed by atoms with Crippen LogP contribution in [0, 0.1) is 10.8 Å². The minimum absolute atomic E-state index is 0.0537. The van der Waals surface area contributed by atoms with Gasteiger partial charge in [-0.3, -0.25) is 4.79 Å². The van der Waals surface area contributed by atoms with E-state index in [1.807, 2.05) is 6.92 Å². The molecule has 2 heteroatoms. The maximum Gasteiger partial charge on any atom is 0.228 e. The maximum absolute atomic E-state index is 11.3. The van der Waals surface area contributed by atoms with E-state index in [2.05, 4.69) is 27.7 Å². The van der Waals surface area contributed by atoms with Crippen molar-refractivity contribution in [2.24, 2.45) is 10.8 Å². The van der Waals surface area contributed by atoms with Crippen LogP contribution in [0.25, 0.3) is 0 Å². The van der Waals surface area contributed by atoms with Crippen molar-refractivity contribution >= 4 is 16.8 Å². The van der Waals surface area contributed by atoms with Gasteiger partial charge < -0.3 is 0 Å². The zero-order valence-corrected chi connectivity index (χ0v) is 9.46. The minimum Gasteiger partial charge on any atom is -0.281 e. The predicted octanol–water partition coefficient (Wildman–Crippen LogP) is 3.60. The molecule has 0 rings (SSSR count). The zero-order chi connectivity index (χ0) is 9.99. The Labute approximate surface area is 80.5 Å². The first-order chi connectivity index (χ1) is 5.25. The Morgan fingerprint density at radius 2 is 1.67 bits per heavy atom. The third-order valence-electron chi connectivity index (χ3n) is 2.84. The maximum atomic E-state index is 11.3. The summed E-state index contributed by atoms with van der Waals surface area (Å²) in [7, 11) is 0. The van der Waals surface area contributed by atoms with Crippen LogP contribution in [0.3, 0.4) is 0 Å². The first-order valence-corrected chi connectivity index (χ1v) is 4.83. The Morgan fingerprint density at radius 3 is 1.75 bits per heavy atom. The number of carbonyl (C=O) groups is 1. The van der Waals surface area contributed by atoms with E-state index < -0.39 is 0 Å². The van der Waals surface area contributed by atoms with Crippen molar-refractivity contribution in [1.29, 1.82) is 0 Å². The van der Waals surface area contributed by atoms with E-state index in [0.717, 1.165) is 12.8 Å². The molecule has 0 saturated heterocycles. The summed E-state index contributed by atoms with van der Waals surface area (Å²) < 4.78 is 0. The molecular formula is C10H19ClO. The standard InChI is InChI=1S/C10H19ClO/c1-6-7-10(5,8(11)12)9(2,3)4/h6-7H2,1-5H3. The lowest BCUT2D eigenvalue weighted by Crippen LogP contribution is -2.37. The average molecular weight is 191 g/mol. The lowest BCUT2D eigenvalue weighted by atomic mass is 9.66. The van der Waals surface area contributed by atoms with Crippen LogP contribution >= 0.6 is 11.6 Å². The van der Waals surface area contributed by atoms with Crippen LogP contribution in [-0.4, -0.2) is 5.24 Å². The third-order valence-corrected chi connectivity index (χ3v) is 3.26. The number of carbonyl (C=O) groups excluding carboxylic acids is 1. The molecule has 1 nitrogen and oxygen atoms in total. The van der Waals surface area contributed by atoms with Gasteiger partial charge in [0.25, 0.3) is 0 Å². The van der Waals surface area contributed by atoms with Crippen LogP contribution in [0.2, 0.25) is 0 Å². The summed E-state index contributed by atoms with van der Waals surface area (Å²) >= 11 is 5.61. The summed E-state index contributed by atoms with van der Waals surface area (Å²) in [6.45, 7) is 10.2. The van der Waals surface area contributed by atoms with Crippen molar-refractivity contribution < 1.29 is 4.79 Å². The molecule has 1 unspecified atom stereocenters. The molecule has 12 heavy (non-hydrogen) atoms. The van der Waals surface area contributed by atoms with Crippen LogP contribution in [0.4, 0.5) is 0 Å². The predicted molar refractivity (Wildman–Crippen MR) is 53.3 cm³/mol. The van der Waals surface area contributed by atoms with Crippen molar-refractivity contribution in [2.45, 2.75) is 47.5 Å². The summed E-state index contributed by atoms with van der Waals surface area (Å²) in [6.07, 6.45) is 1.85. The van der Waals surface area contributed by atoms with Crippen molar-refractivity contribution in [2.75, 3.05) is 0 Å². The monoisotopic (exact) mass is 190 g/mol. The fourth-order valence-corrected chi connectivity index (χ4v) is 1.65. The third kappa shape index (κ3) is 2.22. The Hall–Kier alpha value is -0.0400. The van der Waals surface area contributed by atoms with E-state index in [-0.39, 0.29) is 16.1 Å². The van der Waals surface area contributed by atoms with Gasteiger partial charge in [-0.2, -0.15) is 0 Å². The molecule has 0 amide bonds. The molecule has 0 aromatic carbocycles. The van der Waals surface area contributed by atoms with E-state index in [1.54, 1.807) is 0 Å². The summed E-state index contributed by atoms with van der Waals surface area (Å²) in [6, 6.07) is 0. The first-order valence-electron chi connectivity index (χ1n) is 4.45. The fourth-order valence-electron chi connectivity index (χ4n) is 1.27. The highest BCUT2D eigenvalue weighted by Crippen LogP contribution is 2.43. The van der Waals surface area contributed by atoms with Crippen LogP contribution in [0.15, 0.2) is 0 Å². The largest absolute Gasteiger partial charge is 0.281 e. The van der Waals surface area contributed by atoms with E-state index in [4.69, 9.17) is 11.6 Å². The second-order valence-corrected chi connectivity index (χ2v) is 4.95. The molecular weight excluding hydrogens is 172 g/mol. The molecule has 0 radical (unpaired) electrons. The topological polar surface area (TPSA) is 17.1 Å². The van der Waals surface area contributed by atoms with Crippen LogP contribution in [0.1, 0.15) is 47.5 Å². The summed E-state index contributed by atoms with van der Waals surface area (Å²) in [5.41, 5.74) is -0.439. The number of halogens is 1. The van der Waals surface area contributed by atoms with Gasteiger partial charge in [0.15, 0.2) is 0 Å². The minimum atomic E-state index is -0.386. The fraction of sp³-hybridized carbons (Fsp3) is 0.900. The second-order valence-electron chi connectivity index (χ2n) is 4.61. The van der Waals surface area contributed by atoms with Gasteiger partial charge in [-0.05, 0) is 23.4 Å². The SMILES string of the molecule is CCCC(C)(C(=O)Cl)C(C)(C)C. The van der Waals surface area contributed by atoms with Gasteiger partial charge in [0.1, 0.15) is 0 Å². The molecule has 0 spiro atoms. The Morgan fingerprint density at radius 1 is 1.25 bits per heavy atom. The lowest BCUT2D eigenvalue weighted by molar-refractivity contribution is -0.125. The molecule has 0 aromatic rings. The highest BCUT2D eigenvalue weighted by Gasteiger charge is 2.42. The summed E-state index contributed by atoms with van der Waals surface area (Å²) in [5, 5.41) is -0.211. The van der Waals surface area contributed by atoms with E-state index in [1.165, 1.54) is 0 Å². The normalized spacial score (nSPS) is 17.2. The van der Waals surface area contributed by atoms with Crippen molar-refractivity contribution in [3.8, 4) is 0 Å². The first kappa shape index (κ1) is 12.0. The highest BCUT2D eigenvalue weighted by molar-refractivity contribution is 6.64. The molecule has 0 N–H and O–H groups in total. The quantitative estimate of drug-likeness (QED) is 0.622. The van der Waals surface area contributed by atoms with Crippen LogP contribution in [0.5, 0.6) is 0 Å². The smallest absolute Gasteiger partial charge is 0.228 e. The van der Waals surface area contributed by atoms with E-state index >= 15 is 0 Å². The Balaban J connectivity index is 4.75. The van der Waals surface area contributed by atoms with Gasteiger partial charge in [-0.1, -0.05) is 41.0 Å². The van der Waals surface area contributed by atoms with Gasteiger partial charge in [0.05, 0.1) is 0 Å².